The van der Waals surface area contributed by atoms with Gasteiger partial charge in [0.15, 0.2) is 19.9 Å². The van der Waals surface area contributed by atoms with Gasteiger partial charge in [-0.15, -0.1) is 0 Å². The maximum Gasteiger partial charge on any atom is 0.225 e. The summed E-state index contributed by atoms with van der Waals surface area (Å²) in [6.07, 6.45) is 1.86. The van der Waals surface area contributed by atoms with E-state index >= 15 is 0 Å². The first-order valence-electron chi connectivity index (χ1n) is 10.4. The van der Waals surface area contributed by atoms with E-state index in [1.807, 2.05) is 11.8 Å². The highest BCUT2D eigenvalue weighted by Crippen LogP contribution is 2.39. The van der Waals surface area contributed by atoms with E-state index in [0.717, 1.165) is 17.7 Å². The van der Waals surface area contributed by atoms with Gasteiger partial charge in [-0.3, -0.25) is 4.79 Å². The maximum atomic E-state index is 13.8. The van der Waals surface area contributed by atoms with Crippen LogP contribution in [-0.4, -0.2) is 36.3 Å². The van der Waals surface area contributed by atoms with Gasteiger partial charge in [0.25, 0.3) is 0 Å². The zero-order chi connectivity index (χ0) is 23.0. The number of hydrogen-bond acceptors (Lipinski definition) is 4. The van der Waals surface area contributed by atoms with E-state index in [1.165, 1.54) is 6.07 Å². The average Bonchev–Trinajstić information content (AvgIpc) is 2.91. The van der Waals surface area contributed by atoms with Gasteiger partial charge in [-0.05, 0) is 42.8 Å². The lowest BCUT2D eigenvalue weighted by Gasteiger charge is -2.39. The number of halogens is 2. The molecule has 0 aliphatic carbocycles. The highest BCUT2D eigenvalue weighted by Gasteiger charge is 2.45. The number of likely N-dealkylation sites (tertiary alicyclic amines) is 1. The third-order valence-electron chi connectivity index (χ3n) is 6.24. The summed E-state index contributed by atoms with van der Waals surface area (Å²) in [6.45, 7) is 13.4. The fourth-order valence-electron chi connectivity index (χ4n) is 3.25. The van der Waals surface area contributed by atoms with Gasteiger partial charge in [0, 0.05) is 24.9 Å². The molecule has 1 saturated heterocycles. The van der Waals surface area contributed by atoms with Gasteiger partial charge in [-0.1, -0.05) is 26.8 Å². The fourth-order valence-corrected chi connectivity index (χ4v) is 4.64. The van der Waals surface area contributed by atoms with E-state index in [9.17, 15) is 13.6 Å². The Morgan fingerprint density at radius 3 is 2.48 bits per heavy atom. The Bertz CT molecular complexity index is 945. The lowest BCUT2D eigenvalue weighted by Crippen LogP contribution is -2.46. The summed E-state index contributed by atoms with van der Waals surface area (Å²) in [7, 11) is -1.98. The molecule has 31 heavy (non-hydrogen) atoms. The molecule has 168 valence electrons. The Morgan fingerprint density at radius 2 is 1.90 bits per heavy atom. The molecule has 3 rings (SSSR count). The summed E-state index contributed by atoms with van der Waals surface area (Å²) < 4.78 is 38.7. The van der Waals surface area contributed by atoms with E-state index in [-0.39, 0.29) is 34.7 Å². The molecule has 0 saturated carbocycles. The zero-order valence-corrected chi connectivity index (χ0v) is 19.9. The summed E-state index contributed by atoms with van der Waals surface area (Å²) in [5.74, 6) is -1.32. The van der Waals surface area contributed by atoms with Crippen LogP contribution >= 0.6 is 0 Å². The predicted octanol–water partition coefficient (Wildman–Crippen LogP) is 5.66. The molecule has 1 aliphatic rings. The topological polar surface area (TPSA) is 51.7 Å². The molecule has 1 aromatic carbocycles. The van der Waals surface area contributed by atoms with Crippen molar-refractivity contribution in [2.45, 2.75) is 70.9 Å². The Hall–Kier alpha value is -2.32. The van der Waals surface area contributed by atoms with Crippen LogP contribution < -0.4 is 4.74 Å². The molecule has 8 heteroatoms. The van der Waals surface area contributed by atoms with E-state index in [4.69, 9.17) is 9.16 Å². The van der Waals surface area contributed by atoms with Crippen molar-refractivity contribution in [1.82, 2.24) is 9.88 Å². The molecule has 0 radical (unpaired) electrons. The Balaban J connectivity index is 1.65. The molecule has 0 spiro atoms. The van der Waals surface area contributed by atoms with Crippen molar-refractivity contribution in [1.29, 1.82) is 0 Å². The first kappa shape index (κ1) is 23.3. The Morgan fingerprint density at radius 1 is 1.19 bits per heavy atom. The molecule has 1 amide bonds. The van der Waals surface area contributed by atoms with Gasteiger partial charge < -0.3 is 14.1 Å². The van der Waals surface area contributed by atoms with Crippen molar-refractivity contribution in [2.75, 3.05) is 0 Å². The number of hydrogen-bond donors (Lipinski definition) is 0. The number of nitrogens with zero attached hydrogens (tertiary/aromatic N) is 2. The molecule has 5 nitrogen and oxygen atoms in total. The van der Waals surface area contributed by atoms with Gasteiger partial charge >= 0.3 is 0 Å². The second-order valence-electron chi connectivity index (χ2n) is 9.56. The van der Waals surface area contributed by atoms with Crippen LogP contribution in [0.4, 0.5) is 8.78 Å². The van der Waals surface area contributed by atoms with E-state index in [2.05, 4.69) is 38.8 Å². The monoisotopic (exact) mass is 448 g/mol. The summed E-state index contributed by atoms with van der Waals surface area (Å²) >= 11 is 0. The molecule has 0 N–H and O–H groups in total. The van der Waals surface area contributed by atoms with Gasteiger partial charge in [0.05, 0.1) is 18.6 Å². The lowest BCUT2D eigenvalue weighted by atomic mass is 10.2. The molecular formula is C23H30F2N2O3Si. The van der Waals surface area contributed by atoms with E-state index in [1.54, 1.807) is 18.3 Å². The van der Waals surface area contributed by atoms with Crippen LogP contribution in [0.3, 0.4) is 0 Å². The molecule has 0 bridgehead atoms. The van der Waals surface area contributed by atoms with Crippen molar-refractivity contribution in [3.63, 3.8) is 0 Å². The largest absolute Gasteiger partial charge is 0.436 e. The van der Waals surface area contributed by atoms with Crippen molar-refractivity contribution in [3.05, 3.63) is 53.7 Å². The van der Waals surface area contributed by atoms with Crippen LogP contribution in [0.15, 0.2) is 36.5 Å². The summed E-state index contributed by atoms with van der Waals surface area (Å²) in [5.41, 5.74) is 0.833. The molecule has 2 atom stereocenters. The number of pyridine rings is 1. The molecule has 1 aromatic heterocycles. The minimum Gasteiger partial charge on any atom is -0.436 e. The minimum atomic E-state index is -1.98. The van der Waals surface area contributed by atoms with Crippen molar-refractivity contribution >= 4 is 14.2 Å². The number of ether oxygens (including phenoxy) is 1. The zero-order valence-electron chi connectivity index (χ0n) is 18.9. The number of benzene rings is 1. The third kappa shape index (κ3) is 5.30. The van der Waals surface area contributed by atoms with Crippen LogP contribution in [0.5, 0.6) is 11.6 Å². The highest BCUT2D eigenvalue weighted by atomic mass is 28.4. The normalized spacial score (nSPS) is 19.7. The first-order valence-corrected chi connectivity index (χ1v) is 13.3. The van der Waals surface area contributed by atoms with Crippen LogP contribution in [0.2, 0.25) is 18.1 Å². The van der Waals surface area contributed by atoms with E-state index < -0.39 is 20.0 Å². The van der Waals surface area contributed by atoms with Crippen LogP contribution in [0.25, 0.3) is 0 Å². The summed E-state index contributed by atoms with van der Waals surface area (Å²) in [6, 6.07) is 6.44. The Labute approximate surface area is 183 Å². The average molecular weight is 449 g/mol. The molecule has 1 fully saturated rings. The lowest BCUT2D eigenvalue weighted by molar-refractivity contribution is -0.129. The highest BCUT2D eigenvalue weighted by molar-refractivity contribution is 6.74. The van der Waals surface area contributed by atoms with Crippen LogP contribution in [0.1, 0.15) is 39.7 Å². The van der Waals surface area contributed by atoms with Gasteiger partial charge in [0.1, 0.15) is 5.82 Å². The number of carbonyl (C=O) groups excluding carboxylic acids is 1. The first-order chi connectivity index (χ1) is 14.4. The predicted molar refractivity (Wildman–Crippen MR) is 117 cm³/mol. The SMILES string of the molecule is C[C@H]1[C@@H](O[Si](C)(C)C(C)(C)C)CC(=O)N1Cc1ccc(Oc2ccc(F)cc2F)nc1. The van der Waals surface area contributed by atoms with Crippen LogP contribution in [-0.2, 0) is 15.8 Å². The second kappa shape index (κ2) is 8.67. The van der Waals surface area contributed by atoms with Gasteiger partial charge in [-0.2, -0.15) is 0 Å². The van der Waals surface area contributed by atoms with Gasteiger partial charge in [0.2, 0.25) is 11.8 Å². The quantitative estimate of drug-likeness (QED) is 0.535. The molecular weight excluding hydrogens is 418 g/mol. The number of aromatic nitrogens is 1. The smallest absolute Gasteiger partial charge is 0.225 e. The third-order valence-corrected chi connectivity index (χ3v) is 10.7. The fraction of sp³-hybridized carbons (Fsp3) is 0.478. The summed E-state index contributed by atoms with van der Waals surface area (Å²) in [4.78, 5) is 18.7. The van der Waals surface area contributed by atoms with Crippen molar-refractivity contribution in [3.8, 4) is 11.6 Å². The minimum absolute atomic E-state index is 0.0362. The number of rotatable bonds is 6. The molecule has 0 unspecified atom stereocenters. The van der Waals surface area contributed by atoms with Crippen LogP contribution in [0, 0.1) is 11.6 Å². The second-order valence-corrected chi connectivity index (χ2v) is 14.3. The maximum absolute atomic E-state index is 13.8. The summed E-state index contributed by atoms with van der Waals surface area (Å²) in [5, 5.41) is 0.0763. The molecule has 2 heterocycles. The number of carbonyl (C=O) groups is 1. The molecule has 2 aromatic rings. The standard InChI is InChI=1S/C23H30F2N2O3Si/c1-15-20(30-31(5,6)23(2,3)4)12-22(28)27(15)14-16-7-10-21(26-13-16)29-19-9-8-17(24)11-18(19)25/h7-11,13,15,20H,12,14H2,1-6H3/t15-,20-/m0/s1. The van der Waals surface area contributed by atoms with Crippen molar-refractivity contribution in [2.24, 2.45) is 0 Å². The molecule has 1 aliphatic heterocycles. The van der Waals surface area contributed by atoms with Gasteiger partial charge in [-0.25, -0.2) is 13.8 Å². The number of amides is 1. The Kier molecular flexibility index (Phi) is 6.52. The van der Waals surface area contributed by atoms with Crippen molar-refractivity contribution < 1.29 is 22.7 Å². The van der Waals surface area contributed by atoms with E-state index in [0.29, 0.717) is 13.0 Å².